The van der Waals surface area contributed by atoms with Gasteiger partial charge in [0.25, 0.3) is 0 Å². The number of hydrogen-bond acceptors (Lipinski definition) is 6. The molecule has 1 aromatic rings. The van der Waals surface area contributed by atoms with E-state index >= 15 is 0 Å². The van der Waals surface area contributed by atoms with Crippen LogP contribution in [0.2, 0.25) is 0 Å². The van der Waals surface area contributed by atoms with Gasteiger partial charge in [0.2, 0.25) is 0 Å². The van der Waals surface area contributed by atoms with Gasteiger partial charge in [0.05, 0.1) is 25.3 Å². The van der Waals surface area contributed by atoms with Gasteiger partial charge in [0.15, 0.2) is 5.69 Å². The zero-order valence-corrected chi connectivity index (χ0v) is 13.2. The van der Waals surface area contributed by atoms with E-state index in [1.54, 1.807) is 11.3 Å². The lowest BCUT2D eigenvalue weighted by molar-refractivity contribution is 0.0594. The summed E-state index contributed by atoms with van der Waals surface area (Å²) in [5, 5.41) is 2.03. The van der Waals surface area contributed by atoms with E-state index in [0.717, 1.165) is 23.1 Å². The highest BCUT2D eigenvalue weighted by atomic mass is 32.1. The number of hydrogen-bond donors (Lipinski definition) is 0. The third-order valence-corrected chi connectivity index (χ3v) is 4.51. The normalized spacial score (nSPS) is 18.2. The maximum absolute atomic E-state index is 11.8. The van der Waals surface area contributed by atoms with E-state index < -0.39 is 0 Å². The lowest BCUT2D eigenvalue weighted by Crippen LogP contribution is -2.36. The number of morpholine rings is 1. The summed E-state index contributed by atoms with van der Waals surface area (Å²) in [6.07, 6.45) is 2.38. The zero-order chi connectivity index (χ0) is 14.5. The molecule has 1 aliphatic carbocycles. The maximum Gasteiger partial charge on any atom is 0.359 e. The van der Waals surface area contributed by atoms with Crippen LogP contribution in [0.4, 0.5) is 5.00 Å². The first-order valence-corrected chi connectivity index (χ1v) is 8.03. The van der Waals surface area contributed by atoms with Crippen molar-refractivity contribution in [2.75, 3.05) is 38.3 Å². The molecule has 2 fully saturated rings. The van der Waals surface area contributed by atoms with Crippen molar-refractivity contribution in [2.24, 2.45) is 0 Å². The number of carbonyl (C=O) groups is 1. The standard InChI is InChI=1S/C12H16N2O3S.C2H6/c1-16-12(15)9-11(14-4-6-17-7-5-14)18-10(13-9)8-2-3-8;1-2/h8H,2-7H2,1H3;1-2H3. The fourth-order valence-corrected chi connectivity index (χ4v) is 3.32. The summed E-state index contributed by atoms with van der Waals surface area (Å²) in [5.74, 6) is 0.229. The molecule has 6 heteroatoms. The van der Waals surface area contributed by atoms with Gasteiger partial charge in [-0.3, -0.25) is 0 Å². The van der Waals surface area contributed by atoms with Crippen LogP contribution in [-0.2, 0) is 9.47 Å². The van der Waals surface area contributed by atoms with E-state index in [-0.39, 0.29) is 5.97 Å². The fraction of sp³-hybridized carbons (Fsp3) is 0.714. The van der Waals surface area contributed by atoms with Crippen molar-refractivity contribution in [3.63, 3.8) is 0 Å². The van der Waals surface area contributed by atoms with Gasteiger partial charge in [-0.25, -0.2) is 9.78 Å². The first-order chi connectivity index (χ1) is 9.79. The number of methoxy groups -OCH3 is 1. The SMILES string of the molecule is CC.COC(=O)c1nc(C2CC2)sc1N1CCOCC1. The van der Waals surface area contributed by atoms with Crippen molar-refractivity contribution < 1.29 is 14.3 Å². The predicted octanol–water partition coefficient (Wildman–Crippen LogP) is 2.67. The van der Waals surface area contributed by atoms with Crippen molar-refractivity contribution >= 4 is 22.3 Å². The van der Waals surface area contributed by atoms with E-state index in [2.05, 4.69) is 9.88 Å². The number of esters is 1. The molecule has 1 saturated heterocycles. The minimum atomic E-state index is -0.334. The Hall–Kier alpha value is -1.14. The van der Waals surface area contributed by atoms with Gasteiger partial charge < -0.3 is 14.4 Å². The quantitative estimate of drug-likeness (QED) is 0.803. The molecule has 20 heavy (non-hydrogen) atoms. The molecule has 2 heterocycles. The summed E-state index contributed by atoms with van der Waals surface area (Å²) in [6.45, 7) is 7.04. The van der Waals surface area contributed by atoms with Crippen LogP contribution in [0, 0.1) is 0 Å². The Bertz CT molecular complexity index is 451. The summed E-state index contributed by atoms with van der Waals surface area (Å²) in [6, 6.07) is 0. The third-order valence-electron chi connectivity index (χ3n) is 3.23. The van der Waals surface area contributed by atoms with Crippen LogP contribution >= 0.6 is 11.3 Å². The average Bonchev–Trinajstić information content (AvgIpc) is 3.28. The number of nitrogens with zero attached hydrogens (tertiary/aromatic N) is 2. The van der Waals surface area contributed by atoms with E-state index in [4.69, 9.17) is 9.47 Å². The molecule has 2 aliphatic rings. The van der Waals surface area contributed by atoms with Gasteiger partial charge >= 0.3 is 5.97 Å². The van der Waals surface area contributed by atoms with Gasteiger partial charge in [0.1, 0.15) is 5.00 Å². The van der Waals surface area contributed by atoms with Crippen LogP contribution in [-0.4, -0.2) is 44.4 Å². The molecule has 0 amide bonds. The second-order valence-electron chi connectivity index (χ2n) is 4.57. The first-order valence-electron chi connectivity index (χ1n) is 7.21. The monoisotopic (exact) mass is 298 g/mol. The average molecular weight is 298 g/mol. The summed E-state index contributed by atoms with van der Waals surface area (Å²) in [4.78, 5) is 18.5. The second-order valence-corrected chi connectivity index (χ2v) is 5.58. The lowest BCUT2D eigenvalue weighted by Gasteiger charge is -2.27. The van der Waals surface area contributed by atoms with E-state index in [1.807, 2.05) is 13.8 Å². The van der Waals surface area contributed by atoms with E-state index in [9.17, 15) is 4.79 Å². The molecule has 0 radical (unpaired) electrons. The molecule has 0 N–H and O–H groups in total. The maximum atomic E-state index is 11.8. The second kappa shape index (κ2) is 7.04. The van der Waals surface area contributed by atoms with Crippen molar-refractivity contribution in [1.82, 2.24) is 4.98 Å². The van der Waals surface area contributed by atoms with Crippen molar-refractivity contribution in [3.8, 4) is 0 Å². The fourth-order valence-electron chi connectivity index (χ4n) is 2.04. The molecule has 0 bridgehead atoms. The van der Waals surface area contributed by atoms with Gasteiger partial charge in [-0.05, 0) is 12.8 Å². The molecule has 0 atom stereocenters. The summed E-state index contributed by atoms with van der Waals surface area (Å²) in [5.41, 5.74) is 0.478. The predicted molar refractivity (Wildman–Crippen MR) is 79.8 cm³/mol. The molecule has 1 aliphatic heterocycles. The van der Waals surface area contributed by atoms with E-state index in [0.29, 0.717) is 24.8 Å². The molecule has 1 saturated carbocycles. The van der Waals surface area contributed by atoms with Crippen molar-refractivity contribution in [2.45, 2.75) is 32.6 Å². The molecule has 5 nitrogen and oxygen atoms in total. The van der Waals surface area contributed by atoms with Crippen LogP contribution in [0.15, 0.2) is 0 Å². The highest BCUT2D eigenvalue weighted by Gasteiger charge is 2.32. The molecule has 112 valence electrons. The molecule has 0 aromatic carbocycles. The molecular formula is C14H22N2O3S. The molecule has 0 unspecified atom stereocenters. The van der Waals surface area contributed by atoms with Gasteiger partial charge in [-0.15, -0.1) is 11.3 Å². The number of aromatic nitrogens is 1. The number of ether oxygens (including phenoxy) is 2. The Morgan fingerprint density at radius 1 is 1.35 bits per heavy atom. The molecular weight excluding hydrogens is 276 g/mol. The Morgan fingerprint density at radius 3 is 2.55 bits per heavy atom. The summed E-state index contributed by atoms with van der Waals surface area (Å²) in [7, 11) is 1.40. The van der Waals surface area contributed by atoms with E-state index in [1.165, 1.54) is 20.0 Å². The molecule has 1 aromatic heterocycles. The zero-order valence-electron chi connectivity index (χ0n) is 12.3. The Labute approximate surface area is 123 Å². The number of anilines is 1. The minimum Gasteiger partial charge on any atom is -0.464 e. The van der Waals surface area contributed by atoms with Crippen molar-refractivity contribution in [3.05, 3.63) is 10.7 Å². The molecule has 3 rings (SSSR count). The summed E-state index contributed by atoms with van der Waals surface area (Å²) >= 11 is 1.64. The van der Waals surface area contributed by atoms with Crippen LogP contribution in [0.3, 0.4) is 0 Å². The van der Waals surface area contributed by atoms with Gasteiger partial charge in [-0.1, -0.05) is 13.8 Å². The highest BCUT2D eigenvalue weighted by molar-refractivity contribution is 7.16. The number of thiazole rings is 1. The first kappa shape index (κ1) is 15.3. The highest BCUT2D eigenvalue weighted by Crippen LogP contribution is 2.45. The Balaban J connectivity index is 0.000000704. The van der Waals surface area contributed by atoms with Crippen LogP contribution in [0.1, 0.15) is 48.1 Å². The Morgan fingerprint density at radius 2 is 2.00 bits per heavy atom. The van der Waals surface area contributed by atoms with Crippen molar-refractivity contribution in [1.29, 1.82) is 0 Å². The minimum absolute atomic E-state index is 0.334. The topological polar surface area (TPSA) is 51.7 Å². The smallest absolute Gasteiger partial charge is 0.359 e. The van der Waals surface area contributed by atoms with Crippen LogP contribution in [0.25, 0.3) is 0 Å². The summed E-state index contributed by atoms with van der Waals surface area (Å²) < 4.78 is 10.2. The molecule has 0 spiro atoms. The van der Waals surface area contributed by atoms with Crippen LogP contribution in [0.5, 0.6) is 0 Å². The largest absolute Gasteiger partial charge is 0.464 e. The van der Waals surface area contributed by atoms with Gasteiger partial charge in [-0.2, -0.15) is 0 Å². The number of rotatable bonds is 3. The number of carbonyl (C=O) groups excluding carboxylic acids is 1. The Kier molecular flexibility index (Phi) is 5.37. The third kappa shape index (κ3) is 3.30. The van der Waals surface area contributed by atoms with Gasteiger partial charge in [0, 0.05) is 19.0 Å². The van der Waals surface area contributed by atoms with Crippen LogP contribution < -0.4 is 4.90 Å². The lowest BCUT2D eigenvalue weighted by atomic mass is 10.3.